The Balaban J connectivity index is 1.50. The summed E-state index contributed by atoms with van der Waals surface area (Å²) in [4.78, 5) is 47.5. The summed E-state index contributed by atoms with van der Waals surface area (Å²) in [5.74, 6) is 0.138. The fourth-order valence-electron chi connectivity index (χ4n) is 4.20. The number of likely N-dealkylation sites (tertiary alicyclic amines) is 1. The number of urea groups is 1. The van der Waals surface area contributed by atoms with Gasteiger partial charge in [-0.2, -0.15) is 0 Å². The number of benzene rings is 1. The Morgan fingerprint density at radius 1 is 1.23 bits per heavy atom. The van der Waals surface area contributed by atoms with Crippen LogP contribution in [-0.4, -0.2) is 72.9 Å². The average molecular weight is 433 g/mol. The summed E-state index contributed by atoms with van der Waals surface area (Å²) >= 11 is 6.19. The molecule has 160 valence electrons. The van der Waals surface area contributed by atoms with Crippen LogP contribution >= 0.6 is 11.6 Å². The van der Waals surface area contributed by atoms with Crippen molar-refractivity contribution in [1.29, 1.82) is 0 Å². The summed E-state index contributed by atoms with van der Waals surface area (Å²) in [6.45, 7) is 4.28. The Hall–Kier alpha value is -2.61. The first-order chi connectivity index (χ1) is 14.5. The Bertz CT molecular complexity index is 895. The molecule has 0 bridgehead atoms. The van der Waals surface area contributed by atoms with Crippen LogP contribution in [0.3, 0.4) is 0 Å². The minimum absolute atomic E-state index is 0.0694. The van der Waals surface area contributed by atoms with E-state index in [1.54, 1.807) is 28.9 Å². The van der Waals surface area contributed by atoms with Gasteiger partial charge in [0.05, 0.1) is 18.2 Å². The van der Waals surface area contributed by atoms with Gasteiger partial charge in [0.15, 0.2) is 0 Å². The minimum Gasteiger partial charge on any atom is -0.466 e. The maximum atomic E-state index is 13.2. The topological polar surface area (TPSA) is 82.5 Å². The van der Waals surface area contributed by atoms with Gasteiger partial charge < -0.3 is 9.64 Å². The smallest absolute Gasteiger partial charge is 0.330 e. The molecule has 30 heavy (non-hydrogen) atoms. The normalized spacial score (nSPS) is 19.2. The lowest BCUT2D eigenvalue weighted by atomic mass is 9.97. The molecule has 0 aliphatic carbocycles. The lowest BCUT2D eigenvalue weighted by molar-refractivity contribution is -0.151. The van der Waals surface area contributed by atoms with Crippen molar-refractivity contribution in [3.63, 3.8) is 0 Å². The summed E-state index contributed by atoms with van der Waals surface area (Å²) in [6, 6.07) is 5.08. The van der Waals surface area contributed by atoms with Crippen molar-refractivity contribution < 1.29 is 19.1 Å². The van der Waals surface area contributed by atoms with Crippen LogP contribution in [0.2, 0.25) is 5.02 Å². The van der Waals surface area contributed by atoms with Gasteiger partial charge in [-0.15, -0.1) is 0 Å². The number of nitrogens with zero attached hydrogens (tertiary/aromatic N) is 4. The third-order valence-corrected chi connectivity index (χ3v) is 6.01. The highest BCUT2D eigenvalue weighted by Crippen LogP contribution is 2.33. The van der Waals surface area contributed by atoms with E-state index in [-0.39, 0.29) is 30.4 Å². The summed E-state index contributed by atoms with van der Waals surface area (Å²) in [6.07, 6.45) is 1.94. The van der Waals surface area contributed by atoms with Crippen molar-refractivity contribution >= 4 is 41.0 Å². The molecule has 1 aromatic rings. The van der Waals surface area contributed by atoms with E-state index in [1.165, 1.54) is 4.90 Å². The first-order valence-electron chi connectivity index (χ1n) is 10.4. The molecule has 8 nitrogen and oxygen atoms in total. The first kappa shape index (κ1) is 20.7. The number of rotatable bonds is 4. The van der Waals surface area contributed by atoms with E-state index in [4.69, 9.17) is 16.3 Å². The molecule has 9 heteroatoms. The predicted octanol–water partition coefficient (Wildman–Crippen LogP) is 2.53. The Kier molecular flexibility index (Phi) is 5.94. The van der Waals surface area contributed by atoms with E-state index in [1.807, 2.05) is 6.07 Å². The number of hydrogen-bond acceptors (Lipinski definition) is 5. The molecule has 1 saturated heterocycles. The second-order valence-corrected chi connectivity index (χ2v) is 8.08. The SMILES string of the molecule is CCOC(=O)C1CCN(C(=O)CN2C(=O)N3CCCN=C3c3ccc(Cl)cc32)CC1. The number of anilines is 1. The Morgan fingerprint density at radius 3 is 2.73 bits per heavy atom. The largest absolute Gasteiger partial charge is 0.466 e. The van der Waals surface area contributed by atoms with E-state index in [9.17, 15) is 14.4 Å². The van der Waals surface area contributed by atoms with Crippen LogP contribution in [0.4, 0.5) is 10.5 Å². The molecule has 4 rings (SSSR count). The highest BCUT2D eigenvalue weighted by Gasteiger charge is 2.38. The zero-order chi connectivity index (χ0) is 21.3. The molecule has 3 aliphatic heterocycles. The number of amidine groups is 1. The van der Waals surface area contributed by atoms with Crippen LogP contribution in [0, 0.1) is 5.92 Å². The highest BCUT2D eigenvalue weighted by molar-refractivity contribution is 6.31. The quantitative estimate of drug-likeness (QED) is 0.684. The van der Waals surface area contributed by atoms with Gasteiger partial charge in [-0.25, -0.2) is 4.79 Å². The molecular weight excluding hydrogens is 408 g/mol. The van der Waals surface area contributed by atoms with E-state index < -0.39 is 0 Å². The fraction of sp³-hybridized carbons (Fsp3) is 0.524. The maximum Gasteiger partial charge on any atom is 0.330 e. The number of fused-ring (bicyclic) bond motifs is 3. The summed E-state index contributed by atoms with van der Waals surface area (Å²) in [7, 11) is 0. The molecule has 0 unspecified atom stereocenters. The molecule has 0 saturated carbocycles. The van der Waals surface area contributed by atoms with E-state index in [0.29, 0.717) is 62.2 Å². The van der Waals surface area contributed by atoms with E-state index in [0.717, 1.165) is 12.0 Å². The van der Waals surface area contributed by atoms with Gasteiger partial charge in [-0.3, -0.25) is 24.4 Å². The van der Waals surface area contributed by atoms with Gasteiger partial charge in [-0.1, -0.05) is 11.6 Å². The number of piperidine rings is 1. The lowest BCUT2D eigenvalue weighted by Gasteiger charge is -2.40. The molecular formula is C21H25ClN4O4. The van der Waals surface area contributed by atoms with Crippen LogP contribution in [0.15, 0.2) is 23.2 Å². The first-order valence-corrected chi connectivity index (χ1v) is 10.7. The van der Waals surface area contributed by atoms with Crippen LogP contribution in [0.5, 0.6) is 0 Å². The second-order valence-electron chi connectivity index (χ2n) is 7.65. The van der Waals surface area contributed by atoms with Crippen molar-refractivity contribution in [3.05, 3.63) is 28.8 Å². The van der Waals surface area contributed by atoms with Gasteiger partial charge in [0.1, 0.15) is 12.4 Å². The molecule has 0 radical (unpaired) electrons. The van der Waals surface area contributed by atoms with E-state index in [2.05, 4.69) is 4.99 Å². The van der Waals surface area contributed by atoms with Gasteiger partial charge in [-0.05, 0) is 44.4 Å². The second kappa shape index (κ2) is 8.63. The number of amides is 3. The van der Waals surface area contributed by atoms with Gasteiger partial charge in [0.2, 0.25) is 5.91 Å². The third-order valence-electron chi connectivity index (χ3n) is 5.77. The summed E-state index contributed by atoms with van der Waals surface area (Å²) < 4.78 is 5.09. The molecule has 3 amide bonds. The number of halogens is 1. The Labute approximate surface area is 180 Å². The van der Waals surface area contributed by atoms with Crippen molar-refractivity contribution in [2.24, 2.45) is 10.9 Å². The predicted molar refractivity (Wildman–Crippen MR) is 113 cm³/mol. The maximum absolute atomic E-state index is 13.2. The zero-order valence-electron chi connectivity index (χ0n) is 17.0. The van der Waals surface area contributed by atoms with Crippen LogP contribution < -0.4 is 4.90 Å². The van der Waals surface area contributed by atoms with Crippen molar-refractivity contribution in [2.75, 3.05) is 44.2 Å². The summed E-state index contributed by atoms with van der Waals surface area (Å²) in [5, 5.41) is 0.499. The third kappa shape index (κ3) is 3.88. The minimum atomic E-state index is -0.252. The molecule has 0 spiro atoms. The Morgan fingerprint density at radius 2 is 2.00 bits per heavy atom. The summed E-state index contributed by atoms with van der Waals surface area (Å²) in [5.41, 5.74) is 1.42. The lowest BCUT2D eigenvalue weighted by Crippen LogP contribution is -2.56. The van der Waals surface area contributed by atoms with Gasteiger partial charge in [0, 0.05) is 36.8 Å². The van der Waals surface area contributed by atoms with Crippen molar-refractivity contribution in [3.8, 4) is 0 Å². The molecule has 0 aromatic heterocycles. The number of hydrogen-bond donors (Lipinski definition) is 0. The number of carbonyl (C=O) groups excluding carboxylic acids is 3. The van der Waals surface area contributed by atoms with Crippen LogP contribution in [-0.2, 0) is 14.3 Å². The fourth-order valence-corrected chi connectivity index (χ4v) is 4.37. The van der Waals surface area contributed by atoms with Gasteiger partial charge >= 0.3 is 12.0 Å². The number of aliphatic imine (C=N–C) groups is 1. The molecule has 3 aliphatic rings. The average Bonchev–Trinajstić information content (AvgIpc) is 2.76. The molecule has 3 heterocycles. The monoisotopic (exact) mass is 432 g/mol. The molecule has 1 aromatic carbocycles. The molecule has 0 N–H and O–H groups in total. The molecule has 0 atom stereocenters. The van der Waals surface area contributed by atoms with Crippen LogP contribution in [0.25, 0.3) is 0 Å². The van der Waals surface area contributed by atoms with E-state index >= 15 is 0 Å². The van der Waals surface area contributed by atoms with Gasteiger partial charge in [0.25, 0.3) is 0 Å². The standard InChI is InChI=1S/C21H25ClN4O4/c1-2-30-20(28)14-6-10-24(11-7-14)18(27)13-26-17-12-15(22)4-5-16(17)19-23-8-3-9-25(19)21(26)29/h4-5,12,14H,2-3,6-11,13H2,1H3. The zero-order valence-corrected chi connectivity index (χ0v) is 17.7. The highest BCUT2D eigenvalue weighted by atomic mass is 35.5. The van der Waals surface area contributed by atoms with Crippen molar-refractivity contribution in [1.82, 2.24) is 9.80 Å². The number of carbonyl (C=O) groups is 3. The molecule has 1 fully saturated rings. The van der Waals surface area contributed by atoms with Crippen LogP contribution in [0.1, 0.15) is 31.7 Å². The number of esters is 1. The number of ether oxygens (including phenoxy) is 1. The van der Waals surface area contributed by atoms with Crippen molar-refractivity contribution in [2.45, 2.75) is 26.2 Å².